The first-order valence-corrected chi connectivity index (χ1v) is 6.29. The second-order valence-electron chi connectivity index (χ2n) is 3.42. The maximum atomic E-state index is 13.2. The molecule has 0 fully saturated rings. The summed E-state index contributed by atoms with van der Waals surface area (Å²) in [5.74, 6) is -0.597. The van der Waals surface area contributed by atoms with E-state index in [4.69, 9.17) is 9.26 Å². The molecule has 0 saturated heterocycles. The van der Waals surface area contributed by atoms with Crippen LogP contribution in [-0.4, -0.2) is 17.7 Å². The Balaban J connectivity index is 2.35. The largest absolute Gasteiger partial charge is 0.461 e. The number of hydrogen-bond acceptors (Lipinski definition) is 4. The molecule has 0 aliphatic carbocycles. The average Bonchev–Trinajstić information content (AvgIpc) is 2.82. The Morgan fingerprint density at radius 1 is 1.50 bits per heavy atom. The number of nitrogens with zero attached hydrogens (tertiary/aromatic N) is 1. The van der Waals surface area contributed by atoms with Gasteiger partial charge in [-0.25, -0.2) is 9.18 Å². The maximum absolute atomic E-state index is 13.2. The third-order valence-corrected chi connectivity index (χ3v) is 3.13. The Morgan fingerprint density at radius 3 is 3.00 bits per heavy atom. The number of rotatable bonds is 3. The summed E-state index contributed by atoms with van der Waals surface area (Å²) in [6, 6.07) is 5.75. The van der Waals surface area contributed by atoms with Crippen LogP contribution in [0.2, 0.25) is 0 Å². The zero-order chi connectivity index (χ0) is 13.1. The lowest BCUT2D eigenvalue weighted by Crippen LogP contribution is -2.04. The van der Waals surface area contributed by atoms with Crippen molar-refractivity contribution in [3.63, 3.8) is 0 Å². The number of aromatic nitrogens is 1. The van der Waals surface area contributed by atoms with Crippen LogP contribution in [0, 0.1) is 9.39 Å². The summed E-state index contributed by atoms with van der Waals surface area (Å²) in [6.07, 6.45) is 0. The SMILES string of the molecule is CCOC(=O)c1cc(-c2cc(F)ccc2I)on1. The van der Waals surface area contributed by atoms with E-state index in [1.54, 1.807) is 13.0 Å². The first kappa shape index (κ1) is 13.0. The van der Waals surface area contributed by atoms with Crippen LogP contribution in [0.4, 0.5) is 4.39 Å². The molecular weight excluding hydrogens is 352 g/mol. The summed E-state index contributed by atoms with van der Waals surface area (Å²) in [4.78, 5) is 11.4. The topological polar surface area (TPSA) is 52.3 Å². The van der Waals surface area contributed by atoms with Crippen molar-refractivity contribution in [2.45, 2.75) is 6.92 Å². The Hall–Kier alpha value is -1.44. The zero-order valence-corrected chi connectivity index (χ0v) is 11.6. The van der Waals surface area contributed by atoms with Crippen LogP contribution < -0.4 is 0 Å². The minimum atomic E-state index is -0.557. The molecular formula is C12H9FINO3. The molecule has 0 atom stereocenters. The van der Waals surface area contributed by atoms with E-state index in [9.17, 15) is 9.18 Å². The normalized spacial score (nSPS) is 10.4. The Labute approximate surface area is 116 Å². The minimum absolute atomic E-state index is 0.0758. The van der Waals surface area contributed by atoms with Crippen LogP contribution in [0.5, 0.6) is 0 Å². The van der Waals surface area contributed by atoms with Gasteiger partial charge in [0.1, 0.15) is 5.82 Å². The van der Waals surface area contributed by atoms with Gasteiger partial charge in [0.25, 0.3) is 0 Å². The van der Waals surface area contributed by atoms with Crippen molar-refractivity contribution in [2.75, 3.05) is 6.61 Å². The van der Waals surface area contributed by atoms with Crippen LogP contribution in [0.3, 0.4) is 0 Å². The maximum Gasteiger partial charge on any atom is 0.360 e. The van der Waals surface area contributed by atoms with Crippen LogP contribution in [0.15, 0.2) is 28.8 Å². The Kier molecular flexibility index (Phi) is 3.95. The van der Waals surface area contributed by atoms with Crippen molar-refractivity contribution in [3.05, 3.63) is 39.3 Å². The fraction of sp³-hybridized carbons (Fsp3) is 0.167. The van der Waals surface area contributed by atoms with Gasteiger partial charge in [-0.1, -0.05) is 5.16 Å². The zero-order valence-electron chi connectivity index (χ0n) is 9.44. The summed E-state index contributed by atoms with van der Waals surface area (Å²) in [7, 11) is 0. The van der Waals surface area contributed by atoms with Crippen LogP contribution >= 0.6 is 22.6 Å². The highest BCUT2D eigenvalue weighted by molar-refractivity contribution is 14.1. The fourth-order valence-corrected chi connectivity index (χ4v) is 1.99. The van der Waals surface area contributed by atoms with Crippen molar-refractivity contribution in [1.82, 2.24) is 5.16 Å². The van der Waals surface area contributed by atoms with Gasteiger partial charge in [-0.15, -0.1) is 0 Å². The third kappa shape index (κ3) is 2.69. The van der Waals surface area contributed by atoms with Crippen molar-refractivity contribution in [3.8, 4) is 11.3 Å². The molecule has 0 amide bonds. The number of esters is 1. The smallest absolute Gasteiger partial charge is 0.360 e. The number of hydrogen-bond donors (Lipinski definition) is 0. The second kappa shape index (κ2) is 5.47. The van der Waals surface area contributed by atoms with Crippen molar-refractivity contribution in [2.24, 2.45) is 0 Å². The lowest BCUT2D eigenvalue weighted by Gasteiger charge is -1.99. The van der Waals surface area contributed by atoms with Crippen LogP contribution in [0.1, 0.15) is 17.4 Å². The van der Waals surface area contributed by atoms with Crippen LogP contribution in [0.25, 0.3) is 11.3 Å². The molecule has 0 aliphatic heterocycles. The summed E-state index contributed by atoms with van der Waals surface area (Å²) in [6.45, 7) is 1.97. The van der Waals surface area contributed by atoms with E-state index < -0.39 is 5.97 Å². The third-order valence-electron chi connectivity index (χ3n) is 2.19. The summed E-state index contributed by atoms with van der Waals surface area (Å²) in [5.41, 5.74) is 0.630. The van der Waals surface area contributed by atoms with Gasteiger partial charge in [-0.05, 0) is 47.7 Å². The molecule has 1 aromatic carbocycles. The molecule has 2 rings (SSSR count). The number of carbonyl (C=O) groups excluding carboxylic acids is 1. The highest BCUT2D eigenvalue weighted by Crippen LogP contribution is 2.26. The van der Waals surface area contributed by atoms with Gasteiger partial charge < -0.3 is 9.26 Å². The van der Waals surface area contributed by atoms with Gasteiger partial charge in [0, 0.05) is 15.2 Å². The molecule has 0 saturated carbocycles. The van der Waals surface area contributed by atoms with Gasteiger partial charge >= 0.3 is 5.97 Å². The van der Waals surface area contributed by atoms with E-state index in [0.717, 1.165) is 3.57 Å². The summed E-state index contributed by atoms with van der Waals surface area (Å²) >= 11 is 2.05. The standard InChI is InChI=1S/C12H9FINO3/c1-2-17-12(16)10-6-11(18-15-10)8-5-7(13)3-4-9(8)14/h3-6H,2H2,1H3. The van der Waals surface area contributed by atoms with E-state index >= 15 is 0 Å². The molecule has 0 radical (unpaired) electrons. The molecule has 0 aliphatic rings. The van der Waals surface area contributed by atoms with E-state index in [2.05, 4.69) is 27.7 Å². The minimum Gasteiger partial charge on any atom is -0.461 e. The number of halogens is 2. The highest BCUT2D eigenvalue weighted by atomic mass is 127. The molecule has 6 heteroatoms. The highest BCUT2D eigenvalue weighted by Gasteiger charge is 2.16. The van der Waals surface area contributed by atoms with Gasteiger partial charge in [0.15, 0.2) is 11.5 Å². The Bertz CT molecular complexity index is 582. The molecule has 0 spiro atoms. The molecule has 0 N–H and O–H groups in total. The van der Waals surface area contributed by atoms with Crippen molar-refractivity contribution in [1.29, 1.82) is 0 Å². The monoisotopic (exact) mass is 361 g/mol. The van der Waals surface area contributed by atoms with E-state index in [1.807, 2.05) is 0 Å². The predicted molar refractivity (Wildman–Crippen MR) is 70.6 cm³/mol. The van der Waals surface area contributed by atoms with Gasteiger partial charge in [-0.2, -0.15) is 0 Å². The quantitative estimate of drug-likeness (QED) is 0.622. The molecule has 1 aromatic heterocycles. The molecule has 0 bridgehead atoms. The van der Waals surface area contributed by atoms with Gasteiger partial charge in [0.2, 0.25) is 0 Å². The Morgan fingerprint density at radius 2 is 2.28 bits per heavy atom. The lowest BCUT2D eigenvalue weighted by atomic mass is 10.1. The predicted octanol–water partition coefficient (Wildman–Crippen LogP) is 3.26. The summed E-state index contributed by atoms with van der Waals surface area (Å²) in [5, 5.41) is 3.61. The molecule has 2 aromatic rings. The molecule has 94 valence electrons. The van der Waals surface area contributed by atoms with Crippen LogP contribution in [-0.2, 0) is 4.74 Å². The fourth-order valence-electron chi connectivity index (χ4n) is 1.39. The first-order valence-electron chi connectivity index (χ1n) is 5.21. The molecule has 0 unspecified atom stereocenters. The van der Waals surface area contributed by atoms with E-state index in [1.165, 1.54) is 18.2 Å². The molecule has 1 heterocycles. The molecule has 4 nitrogen and oxygen atoms in total. The lowest BCUT2D eigenvalue weighted by molar-refractivity contribution is 0.0514. The number of ether oxygens (including phenoxy) is 1. The number of carbonyl (C=O) groups is 1. The van der Waals surface area contributed by atoms with E-state index in [-0.39, 0.29) is 18.1 Å². The van der Waals surface area contributed by atoms with Crippen molar-refractivity contribution >= 4 is 28.6 Å². The average molecular weight is 361 g/mol. The van der Waals surface area contributed by atoms with E-state index in [0.29, 0.717) is 11.3 Å². The van der Waals surface area contributed by atoms with Crippen molar-refractivity contribution < 1.29 is 18.4 Å². The van der Waals surface area contributed by atoms with Gasteiger partial charge in [0.05, 0.1) is 6.61 Å². The summed E-state index contributed by atoms with van der Waals surface area (Å²) < 4.78 is 23.8. The second-order valence-corrected chi connectivity index (χ2v) is 4.58. The first-order chi connectivity index (χ1) is 8.61. The number of benzene rings is 1. The molecule has 18 heavy (non-hydrogen) atoms. The van der Waals surface area contributed by atoms with Gasteiger partial charge in [-0.3, -0.25) is 0 Å².